The maximum Gasteiger partial charge on any atom is 0.241 e. The summed E-state index contributed by atoms with van der Waals surface area (Å²) in [5, 5.41) is 3.00. The number of hydrogen-bond donors (Lipinski definition) is 1. The Morgan fingerprint density at radius 1 is 1.17 bits per heavy atom. The highest BCUT2D eigenvalue weighted by atomic mass is 16.5. The van der Waals surface area contributed by atoms with Crippen LogP contribution in [0.3, 0.4) is 0 Å². The van der Waals surface area contributed by atoms with Crippen molar-refractivity contribution in [3.05, 3.63) is 66.9 Å². The van der Waals surface area contributed by atoms with Crippen LogP contribution in [-0.2, 0) is 18.4 Å². The Bertz CT molecular complexity index is 939. The van der Waals surface area contributed by atoms with Crippen LogP contribution < -0.4 is 10.1 Å². The molecule has 1 aliphatic heterocycles. The van der Waals surface area contributed by atoms with E-state index >= 15 is 0 Å². The van der Waals surface area contributed by atoms with Crippen molar-refractivity contribution in [1.82, 2.24) is 19.4 Å². The number of ether oxygens (including phenoxy) is 1. The first-order valence-corrected chi connectivity index (χ1v) is 9.89. The number of aryl methyl sites for hydroxylation is 1. The summed E-state index contributed by atoms with van der Waals surface area (Å²) in [7, 11) is 1.98. The summed E-state index contributed by atoms with van der Waals surface area (Å²) in [6, 6.07) is 12.9. The van der Waals surface area contributed by atoms with E-state index in [1.54, 1.807) is 18.5 Å². The van der Waals surface area contributed by atoms with Crippen molar-refractivity contribution in [3.63, 3.8) is 0 Å². The van der Waals surface area contributed by atoms with E-state index in [0.717, 1.165) is 37.4 Å². The fourth-order valence-corrected chi connectivity index (χ4v) is 3.56. The highest BCUT2D eigenvalue weighted by Gasteiger charge is 2.29. The molecule has 1 fully saturated rings. The normalized spacial score (nSPS) is 17.1. The standard InChI is InChI=1S/C22H25N5O2/c1-26-14-12-23-20(26)16-27-13-6-5-9-19(27)22(28)25-17-10-11-21(24-15-17)29-18-7-3-2-4-8-18/h2-4,7-8,10-12,14-15,19H,5-6,9,13,16H2,1H3,(H,25,28)/t19-/m1/s1. The van der Waals surface area contributed by atoms with Crippen LogP contribution in [0, 0.1) is 0 Å². The third-order valence-corrected chi connectivity index (χ3v) is 5.15. The van der Waals surface area contributed by atoms with Gasteiger partial charge in [-0.1, -0.05) is 24.6 Å². The molecule has 7 nitrogen and oxygen atoms in total. The SMILES string of the molecule is Cn1ccnc1CN1CCCC[C@@H]1C(=O)Nc1ccc(Oc2ccccc2)nc1. The van der Waals surface area contributed by atoms with Crippen LogP contribution in [0.25, 0.3) is 0 Å². The topological polar surface area (TPSA) is 72.3 Å². The second-order valence-corrected chi connectivity index (χ2v) is 7.23. The zero-order valence-corrected chi connectivity index (χ0v) is 16.5. The summed E-state index contributed by atoms with van der Waals surface area (Å²) < 4.78 is 7.70. The Morgan fingerprint density at radius 3 is 2.76 bits per heavy atom. The number of piperidine rings is 1. The predicted octanol–water partition coefficient (Wildman–Crippen LogP) is 3.60. The third kappa shape index (κ3) is 4.81. The first kappa shape index (κ1) is 19.1. The number of hydrogen-bond acceptors (Lipinski definition) is 5. The maximum absolute atomic E-state index is 12.9. The monoisotopic (exact) mass is 391 g/mol. The molecule has 0 unspecified atom stereocenters. The van der Waals surface area contributed by atoms with Crippen LogP contribution in [0.5, 0.6) is 11.6 Å². The molecule has 3 heterocycles. The van der Waals surface area contributed by atoms with Gasteiger partial charge in [0.15, 0.2) is 0 Å². The average Bonchev–Trinajstić information content (AvgIpc) is 3.15. The third-order valence-electron chi connectivity index (χ3n) is 5.15. The molecule has 0 saturated carbocycles. The van der Waals surface area contributed by atoms with Gasteiger partial charge in [0.2, 0.25) is 11.8 Å². The lowest BCUT2D eigenvalue weighted by molar-refractivity contribution is -0.122. The van der Waals surface area contributed by atoms with Crippen molar-refractivity contribution < 1.29 is 9.53 Å². The lowest BCUT2D eigenvalue weighted by atomic mass is 10.0. The van der Waals surface area contributed by atoms with Crippen LogP contribution in [0.15, 0.2) is 61.1 Å². The van der Waals surface area contributed by atoms with E-state index in [9.17, 15) is 4.79 Å². The van der Waals surface area contributed by atoms with Gasteiger partial charge in [0.25, 0.3) is 0 Å². The van der Waals surface area contributed by atoms with Crippen molar-refractivity contribution in [2.45, 2.75) is 31.8 Å². The molecule has 1 saturated heterocycles. The van der Waals surface area contributed by atoms with E-state index in [2.05, 4.69) is 20.2 Å². The Hall–Kier alpha value is -3.19. The van der Waals surface area contributed by atoms with Crippen molar-refractivity contribution in [2.75, 3.05) is 11.9 Å². The number of carbonyl (C=O) groups is 1. The number of aromatic nitrogens is 3. The molecular weight excluding hydrogens is 366 g/mol. The molecule has 0 aliphatic carbocycles. The average molecular weight is 391 g/mol. The van der Waals surface area contributed by atoms with Crippen molar-refractivity contribution in [1.29, 1.82) is 0 Å². The fourth-order valence-electron chi connectivity index (χ4n) is 3.56. The fraction of sp³-hybridized carbons (Fsp3) is 0.318. The first-order chi connectivity index (χ1) is 14.2. The highest BCUT2D eigenvalue weighted by Crippen LogP contribution is 2.22. The number of nitrogens with one attached hydrogen (secondary N) is 1. The molecule has 1 amide bonds. The summed E-state index contributed by atoms with van der Waals surface area (Å²) in [5.41, 5.74) is 0.665. The van der Waals surface area contributed by atoms with Gasteiger partial charge < -0.3 is 14.6 Å². The van der Waals surface area contributed by atoms with E-state index < -0.39 is 0 Å². The number of anilines is 1. The van der Waals surface area contributed by atoms with Gasteiger partial charge >= 0.3 is 0 Å². The Balaban J connectivity index is 1.38. The molecule has 1 N–H and O–H groups in total. The Kier molecular flexibility index (Phi) is 5.86. The summed E-state index contributed by atoms with van der Waals surface area (Å²) in [6.07, 6.45) is 8.34. The highest BCUT2D eigenvalue weighted by molar-refractivity contribution is 5.94. The minimum absolute atomic E-state index is 0.00237. The second-order valence-electron chi connectivity index (χ2n) is 7.23. The molecule has 0 bridgehead atoms. The molecular formula is C22H25N5O2. The number of nitrogens with zero attached hydrogens (tertiary/aromatic N) is 4. The second kappa shape index (κ2) is 8.87. The minimum atomic E-state index is -0.166. The largest absolute Gasteiger partial charge is 0.439 e. The summed E-state index contributed by atoms with van der Waals surface area (Å²) >= 11 is 0. The van der Waals surface area contributed by atoms with Crippen LogP contribution >= 0.6 is 0 Å². The number of benzene rings is 1. The van der Waals surface area contributed by atoms with Crippen LogP contribution in [0.1, 0.15) is 25.1 Å². The van der Waals surface area contributed by atoms with Crippen molar-refractivity contribution in [2.24, 2.45) is 7.05 Å². The molecule has 3 aromatic rings. The number of rotatable bonds is 6. The van der Waals surface area contributed by atoms with Gasteiger partial charge in [0.05, 0.1) is 24.5 Å². The van der Waals surface area contributed by atoms with E-state index in [4.69, 9.17) is 4.74 Å². The zero-order chi connectivity index (χ0) is 20.1. The summed E-state index contributed by atoms with van der Waals surface area (Å²) in [5.74, 6) is 2.18. The zero-order valence-electron chi connectivity index (χ0n) is 16.5. The van der Waals surface area contributed by atoms with Gasteiger partial charge in [-0.05, 0) is 37.6 Å². The van der Waals surface area contributed by atoms with Gasteiger partial charge in [-0.25, -0.2) is 9.97 Å². The lowest BCUT2D eigenvalue weighted by Crippen LogP contribution is -2.46. The van der Waals surface area contributed by atoms with Gasteiger partial charge in [-0.15, -0.1) is 0 Å². The van der Waals surface area contributed by atoms with Gasteiger partial charge in [0.1, 0.15) is 11.6 Å². The minimum Gasteiger partial charge on any atom is -0.439 e. The molecule has 0 spiro atoms. The van der Waals surface area contributed by atoms with Crippen molar-refractivity contribution >= 4 is 11.6 Å². The van der Waals surface area contributed by atoms with Crippen LogP contribution in [0.4, 0.5) is 5.69 Å². The summed E-state index contributed by atoms with van der Waals surface area (Å²) in [4.78, 5) is 23.8. The van der Waals surface area contributed by atoms with Gasteiger partial charge in [0, 0.05) is 25.5 Å². The van der Waals surface area contributed by atoms with Crippen LogP contribution in [0.2, 0.25) is 0 Å². The van der Waals surface area contributed by atoms with Gasteiger partial charge in [-0.3, -0.25) is 9.69 Å². The Labute approximate surface area is 170 Å². The number of likely N-dealkylation sites (tertiary alicyclic amines) is 1. The molecule has 1 aromatic carbocycles. The quantitative estimate of drug-likeness (QED) is 0.695. The van der Waals surface area contributed by atoms with E-state index in [0.29, 0.717) is 18.1 Å². The van der Waals surface area contributed by atoms with E-state index in [-0.39, 0.29) is 11.9 Å². The number of pyridine rings is 1. The molecule has 2 aromatic heterocycles. The predicted molar refractivity (Wildman–Crippen MR) is 111 cm³/mol. The van der Waals surface area contributed by atoms with E-state index in [1.165, 1.54) is 0 Å². The molecule has 7 heteroatoms. The molecule has 1 aliphatic rings. The van der Waals surface area contributed by atoms with Crippen molar-refractivity contribution in [3.8, 4) is 11.6 Å². The molecule has 29 heavy (non-hydrogen) atoms. The number of imidazole rings is 1. The number of carbonyl (C=O) groups excluding carboxylic acids is 1. The Morgan fingerprint density at radius 2 is 2.03 bits per heavy atom. The van der Waals surface area contributed by atoms with Gasteiger partial charge in [-0.2, -0.15) is 0 Å². The maximum atomic E-state index is 12.9. The lowest BCUT2D eigenvalue weighted by Gasteiger charge is -2.34. The molecule has 0 radical (unpaired) electrons. The van der Waals surface area contributed by atoms with Crippen LogP contribution in [-0.4, -0.2) is 37.9 Å². The van der Waals surface area contributed by atoms with E-state index in [1.807, 2.05) is 54.2 Å². The molecule has 150 valence electrons. The smallest absolute Gasteiger partial charge is 0.241 e. The summed E-state index contributed by atoms with van der Waals surface area (Å²) in [6.45, 7) is 1.57. The number of amides is 1. The molecule has 4 rings (SSSR count). The molecule has 1 atom stereocenters. The number of para-hydroxylation sites is 1. The first-order valence-electron chi connectivity index (χ1n) is 9.89.